The SMILES string of the molecule is C=C(C(=O)CCC)C(=O)OCC. The quantitative estimate of drug-likeness (QED) is 0.271. The molecule has 0 aliphatic heterocycles. The number of carbonyl (C=O) groups is 2. The van der Waals surface area contributed by atoms with Gasteiger partial charge < -0.3 is 4.74 Å². The van der Waals surface area contributed by atoms with Gasteiger partial charge in [-0.1, -0.05) is 13.5 Å². The van der Waals surface area contributed by atoms with Gasteiger partial charge in [0.25, 0.3) is 0 Å². The maximum absolute atomic E-state index is 11.1. The zero-order valence-corrected chi connectivity index (χ0v) is 7.55. The van der Waals surface area contributed by atoms with E-state index in [1.54, 1.807) is 6.92 Å². The van der Waals surface area contributed by atoms with Crippen LogP contribution in [0.1, 0.15) is 26.7 Å². The lowest BCUT2D eigenvalue weighted by atomic mass is 10.1. The van der Waals surface area contributed by atoms with Gasteiger partial charge in [-0.25, -0.2) is 4.79 Å². The number of esters is 1. The van der Waals surface area contributed by atoms with E-state index in [4.69, 9.17) is 0 Å². The third-order valence-electron chi connectivity index (χ3n) is 1.34. The van der Waals surface area contributed by atoms with Crippen LogP contribution in [-0.4, -0.2) is 18.4 Å². The minimum absolute atomic E-state index is 0.0429. The van der Waals surface area contributed by atoms with Crippen LogP contribution >= 0.6 is 0 Å². The number of ketones is 1. The molecule has 68 valence electrons. The van der Waals surface area contributed by atoms with Crippen LogP contribution in [0.4, 0.5) is 0 Å². The summed E-state index contributed by atoms with van der Waals surface area (Å²) in [4.78, 5) is 22.0. The summed E-state index contributed by atoms with van der Waals surface area (Å²) < 4.78 is 4.61. The fourth-order valence-electron chi connectivity index (χ4n) is 0.710. The normalized spacial score (nSPS) is 9.17. The van der Waals surface area contributed by atoms with E-state index < -0.39 is 5.97 Å². The molecule has 0 fully saturated rings. The second-order valence-corrected chi connectivity index (χ2v) is 2.37. The predicted molar refractivity (Wildman–Crippen MR) is 45.7 cm³/mol. The van der Waals surface area contributed by atoms with Gasteiger partial charge in [0, 0.05) is 6.42 Å². The molecule has 0 heterocycles. The Hall–Kier alpha value is -1.12. The molecule has 0 rings (SSSR count). The first-order valence-corrected chi connectivity index (χ1v) is 4.02. The Bertz CT molecular complexity index is 174. The van der Waals surface area contributed by atoms with E-state index in [1.165, 1.54) is 0 Å². The molecule has 0 aromatic rings. The lowest BCUT2D eigenvalue weighted by molar-refractivity contribution is -0.140. The van der Waals surface area contributed by atoms with E-state index in [9.17, 15) is 9.59 Å². The largest absolute Gasteiger partial charge is 0.462 e. The Morgan fingerprint density at radius 1 is 1.33 bits per heavy atom. The Balaban J connectivity index is 4.01. The number of hydrogen-bond acceptors (Lipinski definition) is 3. The predicted octanol–water partition coefficient (Wildman–Crippen LogP) is 1.47. The molecule has 0 spiro atoms. The van der Waals surface area contributed by atoms with Crippen molar-refractivity contribution < 1.29 is 14.3 Å². The summed E-state index contributed by atoms with van der Waals surface area (Å²) in [5, 5.41) is 0. The highest BCUT2D eigenvalue weighted by Crippen LogP contribution is 2.02. The highest BCUT2D eigenvalue weighted by molar-refractivity contribution is 6.16. The monoisotopic (exact) mass is 170 g/mol. The Kier molecular flexibility index (Phi) is 5.00. The van der Waals surface area contributed by atoms with E-state index in [0.29, 0.717) is 6.42 Å². The molecule has 0 aliphatic rings. The van der Waals surface area contributed by atoms with Crippen molar-refractivity contribution in [1.82, 2.24) is 0 Å². The van der Waals surface area contributed by atoms with E-state index in [-0.39, 0.29) is 18.0 Å². The first-order chi connectivity index (χ1) is 5.63. The van der Waals surface area contributed by atoms with Crippen molar-refractivity contribution in [3.05, 3.63) is 12.2 Å². The molecule has 0 aliphatic carbocycles. The van der Waals surface area contributed by atoms with Gasteiger partial charge in [0.1, 0.15) is 0 Å². The van der Waals surface area contributed by atoms with Crippen molar-refractivity contribution in [3.63, 3.8) is 0 Å². The molecule has 3 nitrogen and oxygen atoms in total. The van der Waals surface area contributed by atoms with Crippen LogP contribution in [0.25, 0.3) is 0 Å². The summed E-state index contributed by atoms with van der Waals surface area (Å²) in [6.45, 7) is 7.20. The highest BCUT2D eigenvalue weighted by Gasteiger charge is 2.14. The first kappa shape index (κ1) is 10.9. The second kappa shape index (κ2) is 5.52. The molecule has 0 radical (unpaired) electrons. The van der Waals surface area contributed by atoms with Gasteiger partial charge in [-0.05, 0) is 13.3 Å². The highest BCUT2D eigenvalue weighted by atomic mass is 16.5. The van der Waals surface area contributed by atoms with Gasteiger partial charge in [-0.15, -0.1) is 0 Å². The van der Waals surface area contributed by atoms with Crippen LogP contribution in [-0.2, 0) is 14.3 Å². The smallest absolute Gasteiger partial charge is 0.341 e. The lowest BCUT2D eigenvalue weighted by Gasteiger charge is -2.02. The minimum Gasteiger partial charge on any atom is -0.462 e. The standard InChI is InChI=1S/C9H14O3/c1-4-6-8(10)7(3)9(11)12-5-2/h3-6H2,1-2H3. The van der Waals surface area contributed by atoms with Gasteiger partial charge in [-0.2, -0.15) is 0 Å². The van der Waals surface area contributed by atoms with Gasteiger partial charge >= 0.3 is 5.97 Å². The van der Waals surface area contributed by atoms with Crippen LogP contribution in [0.5, 0.6) is 0 Å². The molecule has 0 amide bonds. The number of ether oxygens (including phenoxy) is 1. The summed E-state index contributed by atoms with van der Waals surface area (Å²) in [5.74, 6) is -0.827. The summed E-state index contributed by atoms with van der Waals surface area (Å²) in [7, 11) is 0. The molecule has 0 aromatic carbocycles. The van der Waals surface area contributed by atoms with Gasteiger partial charge in [0.15, 0.2) is 5.78 Å². The van der Waals surface area contributed by atoms with Crippen LogP contribution in [0.15, 0.2) is 12.2 Å². The second-order valence-electron chi connectivity index (χ2n) is 2.37. The number of carbonyl (C=O) groups excluding carboxylic acids is 2. The van der Waals surface area contributed by atoms with E-state index >= 15 is 0 Å². The van der Waals surface area contributed by atoms with Gasteiger partial charge in [-0.3, -0.25) is 4.79 Å². The zero-order valence-electron chi connectivity index (χ0n) is 7.55. The van der Waals surface area contributed by atoms with Crippen molar-refractivity contribution in [1.29, 1.82) is 0 Å². The minimum atomic E-state index is -0.601. The molecule has 0 saturated heterocycles. The lowest BCUT2D eigenvalue weighted by Crippen LogP contribution is -2.14. The zero-order chi connectivity index (χ0) is 9.56. The summed E-state index contributed by atoms with van der Waals surface area (Å²) in [6.07, 6.45) is 1.08. The average Bonchev–Trinajstić information content (AvgIpc) is 2.04. The fraction of sp³-hybridized carbons (Fsp3) is 0.556. The fourth-order valence-corrected chi connectivity index (χ4v) is 0.710. The van der Waals surface area contributed by atoms with Crippen molar-refractivity contribution in [2.75, 3.05) is 6.61 Å². The third-order valence-corrected chi connectivity index (χ3v) is 1.34. The van der Waals surface area contributed by atoms with Crippen molar-refractivity contribution in [3.8, 4) is 0 Å². The molecule has 3 heteroatoms. The van der Waals surface area contributed by atoms with Crippen LogP contribution < -0.4 is 0 Å². The Morgan fingerprint density at radius 3 is 2.33 bits per heavy atom. The molecule has 0 unspecified atom stereocenters. The molecule has 0 atom stereocenters. The van der Waals surface area contributed by atoms with Gasteiger partial charge in [0.2, 0.25) is 0 Å². The number of hydrogen-bond donors (Lipinski definition) is 0. The van der Waals surface area contributed by atoms with Crippen LogP contribution in [0.3, 0.4) is 0 Å². The molecule has 12 heavy (non-hydrogen) atoms. The van der Waals surface area contributed by atoms with Crippen LogP contribution in [0.2, 0.25) is 0 Å². The summed E-state index contributed by atoms with van der Waals surface area (Å²) in [5.41, 5.74) is -0.0429. The Labute approximate surface area is 72.4 Å². The summed E-state index contributed by atoms with van der Waals surface area (Å²) in [6, 6.07) is 0. The molecule has 0 saturated carbocycles. The van der Waals surface area contributed by atoms with Crippen molar-refractivity contribution >= 4 is 11.8 Å². The topological polar surface area (TPSA) is 43.4 Å². The van der Waals surface area contributed by atoms with E-state index in [2.05, 4.69) is 11.3 Å². The first-order valence-electron chi connectivity index (χ1n) is 4.02. The molecular weight excluding hydrogens is 156 g/mol. The molecular formula is C9H14O3. The van der Waals surface area contributed by atoms with E-state index in [0.717, 1.165) is 6.42 Å². The van der Waals surface area contributed by atoms with E-state index in [1.807, 2.05) is 6.92 Å². The third kappa shape index (κ3) is 3.32. The number of rotatable bonds is 5. The maximum Gasteiger partial charge on any atom is 0.341 e. The molecule has 0 bridgehead atoms. The Morgan fingerprint density at radius 2 is 1.92 bits per heavy atom. The van der Waals surface area contributed by atoms with Crippen molar-refractivity contribution in [2.24, 2.45) is 0 Å². The molecule has 0 aromatic heterocycles. The van der Waals surface area contributed by atoms with Crippen molar-refractivity contribution in [2.45, 2.75) is 26.7 Å². The summed E-state index contributed by atoms with van der Waals surface area (Å²) >= 11 is 0. The maximum atomic E-state index is 11.1. The average molecular weight is 170 g/mol. The molecule has 0 N–H and O–H groups in total. The van der Waals surface area contributed by atoms with Gasteiger partial charge in [0.05, 0.1) is 12.2 Å². The van der Waals surface area contributed by atoms with Crippen LogP contribution in [0, 0.1) is 0 Å². The number of Topliss-reactive ketones (excluding diaryl/α,β-unsaturated/α-hetero) is 1.